The molecule has 1 amide bonds. The van der Waals surface area contributed by atoms with E-state index in [1.54, 1.807) is 0 Å². The van der Waals surface area contributed by atoms with Gasteiger partial charge in [0.2, 0.25) is 12.1 Å². The van der Waals surface area contributed by atoms with Crippen molar-refractivity contribution in [2.45, 2.75) is 12.6 Å². The topological polar surface area (TPSA) is 72.4 Å². The fraction of sp³-hybridized carbons (Fsp3) is 0.333. The number of hydrogen-bond donors (Lipinski definition) is 1. The van der Waals surface area contributed by atoms with Crippen molar-refractivity contribution in [2.75, 3.05) is 13.1 Å². The Kier molecular flexibility index (Phi) is 3.56. The highest BCUT2D eigenvalue weighted by atomic mass is 19.4. The SMILES string of the molecule is NC(=O)CN1CCc2ccc(C(F)(F)F)cc2C=[N+]1[O-]. The van der Waals surface area contributed by atoms with Gasteiger partial charge in [-0.05, 0) is 24.1 Å². The maximum atomic E-state index is 12.6. The first-order valence-corrected chi connectivity index (χ1v) is 5.82. The number of rotatable bonds is 2. The van der Waals surface area contributed by atoms with Gasteiger partial charge in [-0.2, -0.15) is 18.2 Å². The van der Waals surface area contributed by atoms with Crippen LogP contribution in [0.15, 0.2) is 18.2 Å². The number of amides is 1. The number of primary amides is 1. The molecule has 0 aromatic heterocycles. The van der Waals surface area contributed by atoms with Gasteiger partial charge >= 0.3 is 6.18 Å². The summed E-state index contributed by atoms with van der Waals surface area (Å²) in [6, 6.07) is 3.25. The van der Waals surface area contributed by atoms with Gasteiger partial charge in [-0.1, -0.05) is 10.9 Å². The molecule has 0 unspecified atom stereocenters. The third-order valence-electron chi connectivity index (χ3n) is 2.98. The Morgan fingerprint density at radius 3 is 2.75 bits per heavy atom. The van der Waals surface area contributed by atoms with Crippen LogP contribution in [0.5, 0.6) is 0 Å². The number of fused-ring (bicyclic) bond motifs is 1. The van der Waals surface area contributed by atoms with Crippen molar-refractivity contribution in [1.82, 2.24) is 5.01 Å². The minimum Gasteiger partial charge on any atom is -0.596 e. The zero-order valence-corrected chi connectivity index (χ0v) is 10.4. The lowest BCUT2D eigenvalue weighted by Crippen LogP contribution is -2.39. The van der Waals surface area contributed by atoms with E-state index in [2.05, 4.69) is 0 Å². The van der Waals surface area contributed by atoms with Crippen LogP contribution in [0.3, 0.4) is 0 Å². The maximum Gasteiger partial charge on any atom is 0.416 e. The fourth-order valence-electron chi connectivity index (χ4n) is 2.00. The van der Waals surface area contributed by atoms with Crippen molar-refractivity contribution in [2.24, 2.45) is 5.73 Å². The van der Waals surface area contributed by atoms with E-state index >= 15 is 0 Å². The summed E-state index contributed by atoms with van der Waals surface area (Å²) >= 11 is 0. The summed E-state index contributed by atoms with van der Waals surface area (Å²) in [5.41, 5.74) is 5.01. The normalized spacial score (nSPS) is 15.3. The van der Waals surface area contributed by atoms with Crippen molar-refractivity contribution < 1.29 is 22.8 Å². The monoisotopic (exact) mass is 287 g/mol. The highest BCUT2D eigenvalue weighted by Crippen LogP contribution is 2.30. The molecule has 1 aromatic carbocycles. The van der Waals surface area contributed by atoms with Crippen LogP contribution in [0, 0.1) is 5.21 Å². The van der Waals surface area contributed by atoms with E-state index in [9.17, 15) is 23.2 Å². The Hall–Kier alpha value is -2.25. The van der Waals surface area contributed by atoms with Crippen LogP contribution in [-0.4, -0.2) is 35.1 Å². The predicted molar refractivity (Wildman–Crippen MR) is 64.7 cm³/mol. The summed E-state index contributed by atoms with van der Waals surface area (Å²) in [4.78, 5) is 11.2. The maximum absolute atomic E-state index is 12.6. The van der Waals surface area contributed by atoms with Gasteiger partial charge in [-0.3, -0.25) is 4.79 Å². The smallest absolute Gasteiger partial charge is 0.416 e. The summed E-state index contributed by atoms with van der Waals surface area (Å²) in [7, 11) is 0. The molecule has 1 aliphatic rings. The molecule has 2 N–H and O–H groups in total. The predicted octanol–water partition coefficient (Wildman–Crippen LogP) is 0.893. The summed E-state index contributed by atoms with van der Waals surface area (Å²) < 4.78 is 37.9. The van der Waals surface area contributed by atoms with Gasteiger partial charge in [0.05, 0.1) is 12.1 Å². The van der Waals surface area contributed by atoms with Gasteiger partial charge in [0.25, 0.3) is 0 Å². The molecule has 8 heteroatoms. The van der Waals surface area contributed by atoms with E-state index in [1.165, 1.54) is 6.07 Å². The molecule has 0 spiro atoms. The molecule has 5 nitrogen and oxygen atoms in total. The van der Waals surface area contributed by atoms with Gasteiger partial charge in [0.15, 0.2) is 6.54 Å². The van der Waals surface area contributed by atoms with E-state index in [-0.39, 0.29) is 18.7 Å². The third-order valence-corrected chi connectivity index (χ3v) is 2.98. The van der Waals surface area contributed by atoms with Crippen molar-refractivity contribution in [1.29, 1.82) is 0 Å². The first-order valence-electron chi connectivity index (χ1n) is 5.82. The molecule has 0 fully saturated rings. The van der Waals surface area contributed by atoms with Crippen LogP contribution in [0.25, 0.3) is 0 Å². The summed E-state index contributed by atoms with van der Waals surface area (Å²) in [5, 5.41) is 12.9. The Bertz CT molecular complexity index is 570. The Balaban J connectivity index is 2.36. The lowest BCUT2D eigenvalue weighted by atomic mass is 10.0. The fourth-order valence-corrected chi connectivity index (χ4v) is 2.00. The van der Waals surface area contributed by atoms with Gasteiger partial charge in [-0.25, -0.2) is 0 Å². The van der Waals surface area contributed by atoms with Gasteiger partial charge in [-0.15, -0.1) is 0 Å². The second-order valence-corrected chi connectivity index (χ2v) is 4.45. The number of carbonyl (C=O) groups is 1. The van der Waals surface area contributed by atoms with E-state index < -0.39 is 17.6 Å². The summed E-state index contributed by atoms with van der Waals surface area (Å²) in [6.07, 6.45) is -3.08. The molecule has 1 heterocycles. The van der Waals surface area contributed by atoms with E-state index in [1.807, 2.05) is 0 Å². The standard InChI is InChI=1S/C12H12F3N3O2/c13-12(14,15)10-2-1-8-3-4-17(7-11(16)19)18(20)6-9(8)5-10/h1-2,5-6H,3-4,7H2,(H2,16,19). The Morgan fingerprint density at radius 2 is 2.15 bits per heavy atom. The Labute approximate surface area is 112 Å². The van der Waals surface area contributed by atoms with Crippen LogP contribution >= 0.6 is 0 Å². The molecule has 0 saturated heterocycles. The molecule has 0 bridgehead atoms. The van der Waals surface area contributed by atoms with Crippen LogP contribution in [0.4, 0.5) is 13.2 Å². The molecule has 1 aliphatic heterocycles. The zero-order valence-electron chi connectivity index (χ0n) is 10.4. The molecule has 0 aliphatic carbocycles. The lowest BCUT2D eigenvalue weighted by molar-refractivity contribution is -0.630. The number of alkyl halides is 3. The average molecular weight is 287 g/mol. The van der Waals surface area contributed by atoms with E-state index in [0.717, 1.165) is 23.4 Å². The second kappa shape index (κ2) is 5.03. The van der Waals surface area contributed by atoms with Crippen molar-refractivity contribution >= 4 is 12.1 Å². The molecule has 1 aromatic rings. The largest absolute Gasteiger partial charge is 0.596 e. The minimum absolute atomic E-state index is 0.196. The third kappa shape index (κ3) is 3.01. The molecule has 0 atom stereocenters. The quantitative estimate of drug-likeness (QED) is 0.648. The number of carbonyl (C=O) groups excluding carboxylic acids is 1. The second-order valence-electron chi connectivity index (χ2n) is 4.45. The van der Waals surface area contributed by atoms with E-state index in [4.69, 9.17) is 5.73 Å². The average Bonchev–Trinajstić information content (AvgIpc) is 2.47. The highest BCUT2D eigenvalue weighted by molar-refractivity contribution is 5.79. The summed E-state index contributed by atoms with van der Waals surface area (Å²) in [5.74, 6) is -0.679. The van der Waals surface area contributed by atoms with E-state index in [0.29, 0.717) is 16.8 Å². The number of nitrogens with two attached hydrogens (primary N) is 1. The van der Waals surface area contributed by atoms with Crippen LogP contribution in [0.1, 0.15) is 16.7 Å². The van der Waals surface area contributed by atoms with Crippen LogP contribution in [0.2, 0.25) is 0 Å². The minimum atomic E-state index is -4.46. The summed E-state index contributed by atoms with van der Waals surface area (Å²) in [6.45, 7) is -0.0680. The number of benzene rings is 1. The van der Waals surface area contributed by atoms with Crippen molar-refractivity contribution in [3.05, 3.63) is 40.1 Å². The first kappa shape index (κ1) is 14.2. The van der Waals surface area contributed by atoms with Gasteiger partial charge in [0, 0.05) is 5.56 Å². The highest BCUT2D eigenvalue weighted by Gasteiger charge is 2.31. The number of nitrogens with zero attached hydrogens (tertiary/aromatic N) is 2. The number of halogens is 3. The molecule has 0 saturated carbocycles. The molecule has 108 valence electrons. The van der Waals surface area contributed by atoms with Crippen LogP contribution < -0.4 is 5.73 Å². The van der Waals surface area contributed by atoms with Gasteiger partial charge < -0.3 is 10.9 Å². The zero-order chi connectivity index (χ0) is 14.9. The molecule has 2 rings (SSSR count). The molecular weight excluding hydrogens is 275 g/mol. The number of hydrazine groups is 1. The van der Waals surface area contributed by atoms with Crippen LogP contribution in [-0.2, 0) is 17.4 Å². The molecule has 20 heavy (non-hydrogen) atoms. The first-order chi connectivity index (χ1) is 9.27. The number of hydrazone groups is 1. The lowest BCUT2D eigenvalue weighted by Gasteiger charge is -2.17. The van der Waals surface area contributed by atoms with Crippen molar-refractivity contribution in [3.8, 4) is 0 Å². The Morgan fingerprint density at radius 1 is 1.45 bits per heavy atom. The number of hydrogen-bond acceptors (Lipinski definition) is 3. The van der Waals surface area contributed by atoms with Gasteiger partial charge in [0.1, 0.15) is 0 Å². The molecule has 0 radical (unpaired) electrons. The van der Waals surface area contributed by atoms with Crippen molar-refractivity contribution in [3.63, 3.8) is 0 Å². The molecular formula is C12H12F3N3O2.